The first-order valence-electron chi connectivity index (χ1n) is 7.84. The number of nitrogens with one attached hydrogen (secondary N) is 1. The normalized spacial score (nSPS) is 20.3. The highest BCUT2D eigenvalue weighted by Crippen LogP contribution is 2.23. The second kappa shape index (κ2) is 10.9. The molecule has 0 aliphatic heterocycles. The Balaban J connectivity index is 0.00000242. The zero-order valence-corrected chi connectivity index (χ0v) is 15.6. The highest BCUT2D eigenvalue weighted by atomic mass is 35.5. The van der Waals surface area contributed by atoms with Gasteiger partial charge in [-0.2, -0.15) is 0 Å². The Morgan fingerprint density at radius 1 is 1.26 bits per heavy atom. The van der Waals surface area contributed by atoms with E-state index in [0.29, 0.717) is 12.5 Å². The Labute approximate surface area is 152 Å². The third-order valence-corrected chi connectivity index (χ3v) is 4.22. The molecule has 1 amide bonds. The van der Waals surface area contributed by atoms with Gasteiger partial charge in [-0.3, -0.25) is 4.79 Å². The summed E-state index contributed by atoms with van der Waals surface area (Å²) in [5, 5.41) is 3.18. The fourth-order valence-electron chi connectivity index (χ4n) is 3.11. The number of carbonyl (C=O) groups excluding carboxylic acids is 1. The van der Waals surface area contributed by atoms with Crippen LogP contribution in [0.1, 0.15) is 41.6 Å². The zero-order valence-electron chi connectivity index (χ0n) is 14.0. The van der Waals surface area contributed by atoms with Crippen LogP contribution in [0.5, 0.6) is 0 Å². The van der Waals surface area contributed by atoms with Gasteiger partial charge in [0.05, 0.1) is 0 Å². The van der Waals surface area contributed by atoms with Crippen molar-refractivity contribution in [1.82, 2.24) is 10.2 Å². The van der Waals surface area contributed by atoms with Gasteiger partial charge in [-0.25, -0.2) is 0 Å². The molecule has 0 bridgehead atoms. The summed E-state index contributed by atoms with van der Waals surface area (Å²) in [6.45, 7) is 1.50. The minimum atomic E-state index is 0. The summed E-state index contributed by atoms with van der Waals surface area (Å²) in [4.78, 5) is 14.5. The molecule has 1 fully saturated rings. The Kier molecular flexibility index (Phi) is 10.5. The summed E-state index contributed by atoms with van der Waals surface area (Å²) in [6, 6.07) is 8.10. The maximum Gasteiger partial charge on any atom is 0.251 e. The second-order valence-electron chi connectivity index (χ2n) is 6.30. The maximum atomic E-state index is 12.4. The molecule has 2 rings (SSSR count). The molecule has 1 aromatic carbocycles. The number of nitrogens with zero attached hydrogens (tertiary/aromatic N) is 1. The molecule has 1 saturated carbocycles. The van der Waals surface area contributed by atoms with Gasteiger partial charge in [0.25, 0.3) is 5.91 Å². The second-order valence-corrected chi connectivity index (χ2v) is 6.30. The van der Waals surface area contributed by atoms with Crippen LogP contribution in [0.4, 0.5) is 0 Å². The maximum absolute atomic E-state index is 12.4. The molecule has 2 atom stereocenters. The summed E-state index contributed by atoms with van der Waals surface area (Å²) in [7, 11) is 4.06. The molecule has 0 aromatic heterocycles. The smallest absolute Gasteiger partial charge is 0.251 e. The molecule has 1 aliphatic rings. The Hall–Kier alpha value is -0.810. The summed E-state index contributed by atoms with van der Waals surface area (Å²) >= 11 is 0. The van der Waals surface area contributed by atoms with E-state index >= 15 is 0 Å². The lowest BCUT2D eigenvalue weighted by atomic mass is 9.84. The number of nitrogens with two attached hydrogens (primary N) is 1. The van der Waals surface area contributed by atoms with E-state index in [9.17, 15) is 4.79 Å². The number of carbonyl (C=O) groups is 1. The molecule has 3 N–H and O–H groups in total. The first kappa shape index (κ1) is 22.2. The van der Waals surface area contributed by atoms with Crippen LogP contribution in [0.15, 0.2) is 24.3 Å². The highest BCUT2D eigenvalue weighted by molar-refractivity contribution is 5.94. The van der Waals surface area contributed by atoms with Crippen LogP contribution < -0.4 is 11.1 Å². The van der Waals surface area contributed by atoms with Crippen molar-refractivity contribution in [3.63, 3.8) is 0 Å². The Morgan fingerprint density at radius 3 is 2.61 bits per heavy atom. The third kappa shape index (κ3) is 6.68. The minimum absolute atomic E-state index is 0. The molecule has 0 radical (unpaired) electrons. The average Bonchev–Trinajstić information content (AvgIpc) is 2.47. The largest absolute Gasteiger partial charge is 0.349 e. The standard InChI is InChI=1S/C17H27N3O.2ClH/c1-20(2)12-13-6-5-8-14(10-13)17(21)19-16-9-4-3-7-15(16)11-18;;/h5-6,8,10,15-16H,3-4,7,9,11-12,18H2,1-2H3,(H,19,21);2*1H. The predicted molar refractivity (Wildman–Crippen MR) is 101 cm³/mol. The van der Waals surface area contributed by atoms with Crippen LogP contribution in [0.3, 0.4) is 0 Å². The summed E-state index contributed by atoms with van der Waals surface area (Å²) in [5.41, 5.74) is 7.74. The van der Waals surface area contributed by atoms with Gasteiger partial charge in [0.2, 0.25) is 0 Å². The van der Waals surface area contributed by atoms with Crippen molar-refractivity contribution in [1.29, 1.82) is 0 Å². The van der Waals surface area contributed by atoms with Gasteiger partial charge in [0.15, 0.2) is 0 Å². The predicted octanol–water partition coefficient (Wildman–Crippen LogP) is 2.84. The zero-order chi connectivity index (χ0) is 15.2. The molecule has 1 aromatic rings. The van der Waals surface area contributed by atoms with Gasteiger partial charge in [0.1, 0.15) is 0 Å². The molecule has 0 spiro atoms. The van der Waals surface area contributed by atoms with Gasteiger partial charge in [-0.05, 0) is 57.1 Å². The molecule has 4 nitrogen and oxygen atoms in total. The molecule has 6 heteroatoms. The van der Waals surface area contributed by atoms with E-state index in [2.05, 4.69) is 16.3 Å². The number of halogens is 2. The van der Waals surface area contributed by atoms with Gasteiger partial charge >= 0.3 is 0 Å². The molecular weight excluding hydrogens is 333 g/mol. The van der Waals surface area contributed by atoms with Crippen molar-refractivity contribution in [2.75, 3.05) is 20.6 Å². The summed E-state index contributed by atoms with van der Waals surface area (Å²) in [5.74, 6) is 0.452. The lowest BCUT2D eigenvalue weighted by Crippen LogP contribution is -2.44. The summed E-state index contributed by atoms with van der Waals surface area (Å²) < 4.78 is 0. The number of hydrogen-bond acceptors (Lipinski definition) is 3. The molecule has 2 unspecified atom stereocenters. The van der Waals surface area contributed by atoms with E-state index in [-0.39, 0.29) is 36.8 Å². The molecule has 23 heavy (non-hydrogen) atoms. The van der Waals surface area contributed by atoms with E-state index in [1.807, 2.05) is 32.3 Å². The fraction of sp³-hybridized carbons (Fsp3) is 0.588. The highest BCUT2D eigenvalue weighted by Gasteiger charge is 2.25. The van der Waals surface area contributed by atoms with Crippen LogP contribution >= 0.6 is 24.8 Å². The van der Waals surface area contributed by atoms with Crippen molar-refractivity contribution in [3.8, 4) is 0 Å². The Bertz CT molecular complexity index is 483. The van der Waals surface area contributed by atoms with Crippen LogP contribution in [0, 0.1) is 5.92 Å². The first-order valence-corrected chi connectivity index (χ1v) is 7.84. The van der Waals surface area contributed by atoms with Crippen molar-refractivity contribution in [3.05, 3.63) is 35.4 Å². The van der Waals surface area contributed by atoms with E-state index < -0.39 is 0 Å². The molecule has 132 valence electrons. The van der Waals surface area contributed by atoms with Crippen molar-refractivity contribution >= 4 is 30.7 Å². The molecular formula is C17H29Cl2N3O. The third-order valence-electron chi connectivity index (χ3n) is 4.22. The first-order chi connectivity index (χ1) is 10.1. The number of hydrogen-bond donors (Lipinski definition) is 2. The van der Waals surface area contributed by atoms with Gasteiger partial charge in [-0.1, -0.05) is 25.0 Å². The molecule has 0 saturated heterocycles. The quantitative estimate of drug-likeness (QED) is 0.847. The lowest BCUT2D eigenvalue weighted by molar-refractivity contribution is 0.0908. The van der Waals surface area contributed by atoms with Gasteiger partial charge in [0, 0.05) is 18.2 Å². The monoisotopic (exact) mass is 361 g/mol. The van der Waals surface area contributed by atoms with Crippen molar-refractivity contribution < 1.29 is 4.79 Å². The van der Waals surface area contributed by atoms with Gasteiger partial charge < -0.3 is 16.0 Å². The molecule has 1 aliphatic carbocycles. The summed E-state index contributed by atoms with van der Waals surface area (Å²) in [6.07, 6.45) is 4.59. The van der Waals surface area contributed by atoms with Crippen LogP contribution in [0.2, 0.25) is 0 Å². The van der Waals surface area contributed by atoms with E-state index in [0.717, 1.165) is 30.5 Å². The Morgan fingerprint density at radius 2 is 1.96 bits per heavy atom. The van der Waals surface area contributed by atoms with E-state index in [4.69, 9.17) is 5.73 Å². The number of rotatable bonds is 5. The van der Waals surface area contributed by atoms with E-state index in [1.165, 1.54) is 12.8 Å². The van der Waals surface area contributed by atoms with Crippen LogP contribution in [-0.2, 0) is 6.54 Å². The van der Waals surface area contributed by atoms with Crippen molar-refractivity contribution in [2.45, 2.75) is 38.3 Å². The molecule has 0 heterocycles. The average molecular weight is 362 g/mol. The van der Waals surface area contributed by atoms with Crippen LogP contribution in [0.25, 0.3) is 0 Å². The number of amides is 1. The van der Waals surface area contributed by atoms with E-state index in [1.54, 1.807) is 0 Å². The van der Waals surface area contributed by atoms with Crippen molar-refractivity contribution in [2.24, 2.45) is 11.7 Å². The SMILES string of the molecule is CN(C)Cc1cccc(C(=O)NC2CCCCC2CN)c1.Cl.Cl. The van der Waals surface area contributed by atoms with Gasteiger partial charge in [-0.15, -0.1) is 24.8 Å². The fourth-order valence-corrected chi connectivity index (χ4v) is 3.11. The minimum Gasteiger partial charge on any atom is -0.349 e. The number of benzene rings is 1. The van der Waals surface area contributed by atoms with Crippen LogP contribution in [-0.4, -0.2) is 37.5 Å². The lowest BCUT2D eigenvalue weighted by Gasteiger charge is -2.31. The topological polar surface area (TPSA) is 58.4 Å².